The molecule has 1 aliphatic rings. The van der Waals surface area contributed by atoms with Gasteiger partial charge in [-0.1, -0.05) is 0 Å². The summed E-state index contributed by atoms with van der Waals surface area (Å²) in [6, 6.07) is 3.97. The SMILES string of the molecule is CC(CCCO)NC(=O)Nc1ccc(OC2CCC2)c(F)c1. The van der Waals surface area contributed by atoms with Crippen LogP contribution in [0.25, 0.3) is 0 Å². The monoisotopic (exact) mass is 310 g/mol. The van der Waals surface area contributed by atoms with Crippen molar-refractivity contribution in [3.05, 3.63) is 24.0 Å². The summed E-state index contributed by atoms with van der Waals surface area (Å²) >= 11 is 0. The van der Waals surface area contributed by atoms with Crippen LogP contribution in [0.1, 0.15) is 39.0 Å². The van der Waals surface area contributed by atoms with Gasteiger partial charge in [-0.3, -0.25) is 0 Å². The maximum absolute atomic E-state index is 13.9. The highest BCUT2D eigenvalue weighted by Crippen LogP contribution is 2.28. The van der Waals surface area contributed by atoms with Crippen molar-refractivity contribution in [1.29, 1.82) is 0 Å². The first-order valence-corrected chi connectivity index (χ1v) is 7.73. The Kier molecular flexibility index (Phi) is 6.00. The first-order chi connectivity index (χ1) is 10.6. The average molecular weight is 310 g/mol. The molecule has 1 unspecified atom stereocenters. The minimum Gasteiger partial charge on any atom is -0.487 e. The van der Waals surface area contributed by atoms with Crippen LogP contribution < -0.4 is 15.4 Å². The van der Waals surface area contributed by atoms with E-state index in [4.69, 9.17) is 9.84 Å². The highest BCUT2D eigenvalue weighted by molar-refractivity contribution is 5.89. The maximum Gasteiger partial charge on any atom is 0.319 e. The molecular formula is C16H23FN2O3. The molecule has 1 atom stereocenters. The van der Waals surface area contributed by atoms with Gasteiger partial charge in [0.05, 0.1) is 6.10 Å². The van der Waals surface area contributed by atoms with E-state index >= 15 is 0 Å². The quantitative estimate of drug-likeness (QED) is 0.725. The van der Waals surface area contributed by atoms with Crippen LogP contribution >= 0.6 is 0 Å². The molecule has 0 bridgehead atoms. The van der Waals surface area contributed by atoms with Crippen LogP contribution in [0.5, 0.6) is 5.75 Å². The fraction of sp³-hybridized carbons (Fsp3) is 0.562. The first-order valence-electron chi connectivity index (χ1n) is 7.73. The second-order valence-corrected chi connectivity index (χ2v) is 5.68. The molecule has 0 aromatic heterocycles. The van der Waals surface area contributed by atoms with Crippen molar-refractivity contribution in [3.63, 3.8) is 0 Å². The van der Waals surface area contributed by atoms with E-state index in [-0.39, 0.29) is 24.5 Å². The molecule has 2 amide bonds. The van der Waals surface area contributed by atoms with Crippen molar-refractivity contribution in [2.75, 3.05) is 11.9 Å². The van der Waals surface area contributed by atoms with Crippen LogP contribution in [0.3, 0.4) is 0 Å². The number of anilines is 1. The zero-order valence-corrected chi connectivity index (χ0v) is 12.8. The zero-order chi connectivity index (χ0) is 15.9. The van der Waals surface area contributed by atoms with Crippen LogP contribution in [-0.2, 0) is 0 Å². The number of halogens is 1. The molecule has 0 saturated heterocycles. The Bertz CT molecular complexity index is 506. The van der Waals surface area contributed by atoms with Crippen molar-refractivity contribution in [2.45, 2.75) is 51.2 Å². The number of ether oxygens (including phenoxy) is 1. The molecule has 0 radical (unpaired) electrons. The molecular weight excluding hydrogens is 287 g/mol. The van der Waals surface area contributed by atoms with E-state index in [2.05, 4.69) is 10.6 Å². The minimum atomic E-state index is -0.474. The summed E-state index contributed by atoms with van der Waals surface area (Å²) < 4.78 is 19.4. The van der Waals surface area contributed by atoms with Gasteiger partial charge in [0.2, 0.25) is 0 Å². The van der Waals surface area contributed by atoms with E-state index in [0.717, 1.165) is 19.3 Å². The van der Waals surface area contributed by atoms with Gasteiger partial charge in [-0.25, -0.2) is 9.18 Å². The second kappa shape index (κ2) is 7.98. The number of urea groups is 1. The fourth-order valence-corrected chi connectivity index (χ4v) is 2.20. The van der Waals surface area contributed by atoms with Crippen LogP contribution in [0.15, 0.2) is 18.2 Å². The normalized spacial score (nSPS) is 15.8. The number of hydrogen-bond acceptors (Lipinski definition) is 3. The number of nitrogens with one attached hydrogen (secondary N) is 2. The summed E-state index contributed by atoms with van der Waals surface area (Å²) in [6.45, 7) is 1.95. The number of carbonyl (C=O) groups excluding carboxylic acids is 1. The molecule has 22 heavy (non-hydrogen) atoms. The molecule has 1 aromatic carbocycles. The highest BCUT2D eigenvalue weighted by atomic mass is 19.1. The molecule has 1 aromatic rings. The summed E-state index contributed by atoms with van der Waals surface area (Å²) in [4.78, 5) is 11.8. The lowest BCUT2D eigenvalue weighted by Crippen LogP contribution is -2.36. The van der Waals surface area contributed by atoms with E-state index in [0.29, 0.717) is 18.5 Å². The third-order valence-corrected chi connectivity index (χ3v) is 3.71. The van der Waals surface area contributed by atoms with E-state index < -0.39 is 11.8 Å². The summed E-state index contributed by atoms with van der Waals surface area (Å²) in [5, 5.41) is 14.1. The van der Waals surface area contributed by atoms with Gasteiger partial charge in [0.25, 0.3) is 0 Å². The Hall–Kier alpha value is -1.82. The smallest absolute Gasteiger partial charge is 0.319 e. The van der Waals surface area contributed by atoms with Gasteiger partial charge < -0.3 is 20.5 Å². The van der Waals surface area contributed by atoms with Crippen LogP contribution in [0.2, 0.25) is 0 Å². The number of hydrogen-bond donors (Lipinski definition) is 3. The van der Waals surface area contributed by atoms with E-state index in [9.17, 15) is 9.18 Å². The molecule has 1 saturated carbocycles. The molecule has 0 spiro atoms. The Morgan fingerprint density at radius 3 is 2.86 bits per heavy atom. The zero-order valence-electron chi connectivity index (χ0n) is 12.8. The largest absolute Gasteiger partial charge is 0.487 e. The fourth-order valence-electron chi connectivity index (χ4n) is 2.20. The predicted octanol–water partition coefficient (Wildman–Crippen LogP) is 3.04. The second-order valence-electron chi connectivity index (χ2n) is 5.68. The van der Waals surface area contributed by atoms with Gasteiger partial charge in [-0.2, -0.15) is 0 Å². The minimum absolute atomic E-state index is 0.0572. The number of aliphatic hydroxyl groups excluding tert-OH is 1. The molecule has 3 N–H and O–H groups in total. The number of carbonyl (C=O) groups is 1. The van der Waals surface area contributed by atoms with Gasteiger partial charge in [0.1, 0.15) is 0 Å². The molecule has 0 heterocycles. The lowest BCUT2D eigenvalue weighted by atomic mass is 9.96. The Morgan fingerprint density at radius 1 is 1.50 bits per heavy atom. The molecule has 1 fully saturated rings. The predicted molar refractivity (Wildman–Crippen MR) is 82.6 cm³/mol. The Morgan fingerprint density at radius 2 is 2.27 bits per heavy atom. The third kappa shape index (κ3) is 4.87. The van der Waals surface area contributed by atoms with Gasteiger partial charge in [0.15, 0.2) is 11.6 Å². The number of aliphatic hydroxyl groups is 1. The lowest BCUT2D eigenvalue weighted by molar-refractivity contribution is 0.115. The molecule has 122 valence electrons. The first kappa shape index (κ1) is 16.5. The van der Waals surface area contributed by atoms with Crippen molar-refractivity contribution in [2.24, 2.45) is 0 Å². The molecule has 6 heteroatoms. The van der Waals surface area contributed by atoms with Crippen LogP contribution in [0.4, 0.5) is 14.9 Å². The average Bonchev–Trinajstić information content (AvgIpc) is 2.42. The standard InChI is InChI=1S/C16H23FN2O3/c1-11(4-3-9-20)18-16(21)19-12-7-8-15(14(17)10-12)22-13-5-2-6-13/h7-8,10-11,13,20H,2-6,9H2,1H3,(H2,18,19,21). The number of benzene rings is 1. The Labute approximate surface area is 129 Å². The van der Waals surface area contributed by atoms with Crippen LogP contribution in [-0.4, -0.2) is 29.9 Å². The third-order valence-electron chi connectivity index (χ3n) is 3.71. The maximum atomic E-state index is 13.9. The summed E-state index contributed by atoms with van der Waals surface area (Å²) in [7, 11) is 0. The molecule has 2 rings (SSSR count). The van der Waals surface area contributed by atoms with Gasteiger partial charge in [-0.05, 0) is 51.2 Å². The van der Waals surface area contributed by atoms with E-state index in [1.165, 1.54) is 6.07 Å². The van der Waals surface area contributed by atoms with Crippen molar-refractivity contribution in [3.8, 4) is 5.75 Å². The lowest BCUT2D eigenvalue weighted by Gasteiger charge is -2.26. The van der Waals surface area contributed by atoms with E-state index in [1.54, 1.807) is 12.1 Å². The van der Waals surface area contributed by atoms with Gasteiger partial charge >= 0.3 is 6.03 Å². The van der Waals surface area contributed by atoms with Crippen molar-refractivity contribution in [1.82, 2.24) is 5.32 Å². The Balaban J connectivity index is 1.84. The number of rotatable bonds is 7. The van der Waals surface area contributed by atoms with E-state index in [1.807, 2.05) is 6.92 Å². The number of amides is 2. The summed E-state index contributed by atoms with van der Waals surface area (Å²) in [6.07, 6.45) is 4.49. The van der Waals surface area contributed by atoms with Crippen molar-refractivity contribution >= 4 is 11.7 Å². The van der Waals surface area contributed by atoms with Crippen LogP contribution in [0, 0.1) is 5.82 Å². The summed E-state index contributed by atoms with van der Waals surface area (Å²) in [5.41, 5.74) is 0.380. The summed E-state index contributed by atoms with van der Waals surface area (Å²) in [5.74, 6) is -0.245. The molecule has 5 nitrogen and oxygen atoms in total. The molecule has 0 aliphatic heterocycles. The van der Waals surface area contributed by atoms with Gasteiger partial charge in [-0.15, -0.1) is 0 Å². The molecule has 1 aliphatic carbocycles. The van der Waals surface area contributed by atoms with Crippen molar-refractivity contribution < 1.29 is 19.0 Å². The topological polar surface area (TPSA) is 70.6 Å². The highest BCUT2D eigenvalue weighted by Gasteiger charge is 2.20. The van der Waals surface area contributed by atoms with Gasteiger partial charge in [0, 0.05) is 24.4 Å².